The molecule has 0 aromatic heterocycles. The van der Waals surface area contributed by atoms with Crippen LogP contribution >= 0.6 is 0 Å². The summed E-state index contributed by atoms with van der Waals surface area (Å²) in [7, 11) is 0. The number of aliphatic hydroxyl groups is 1. The van der Waals surface area contributed by atoms with Crippen molar-refractivity contribution in [2.24, 2.45) is 0 Å². The summed E-state index contributed by atoms with van der Waals surface area (Å²) >= 11 is 0. The highest BCUT2D eigenvalue weighted by Crippen LogP contribution is 2.19. The zero-order valence-corrected chi connectivity index (χ0v) is 8.25. The van der Waals surface area contributed by atoms with Gasteiger partial charge in [-0.05, 0) is 19.3 Å². The molecule has 1 N–H and O–H groups in total. The van der Waals surface area contributed by atoms with E-state index in [0.717, 1.165) is 32.1 Å². The highest BCUT2D eigenvalue weighted by molar-refractivity contribution is 5.96. The Hall–Kier alpha value is -0.630. The average molecular weight is 182 g/mol. The van der Waals surface area contributed by atoms with E-state index in [1.807, 2.05) is 6.08 Å². The number of rotatable bonds is 4. The fourth-order valence-electron chi connectivity index (χ4n) is 1.65. The molecule has 2 heteroatoms. The lowest BCUT2D eigenvalue weighted by molar-refractivity contribution is -0.117. The van der Waals surface area contributed by atoms with Gasteiger partial charge in [0.25, 0.3) is 0 Å². The maximum atomic E-state index is 11.4. The van der Waals surface area contributed by atoms with Gasteiger partial charge in [-0.1, -0.05) is 25.8 Å². The largest absolute Gasteiger partial charge is 0.388 e. The monoisotopic (exact) mass is 182 g/mol. The van der Waals surface area contributed by atoms with Gasteiger partial charge in [-0.15, -0.1) is 0 Å². The Morgan fingerprint density at radius 2 is 2.38 bits per heavy atom. The van der Waals surface area contributed by atoms with E-state index in [1.165, 1.54) is 0 Å². The summed E-state index contributed by atoms with van der Waals surface area (Å²) in [5.41, 5.74) is 0.666. The molecule has 0 aromatic carbocycles. The molecule has 2 nitrogen and oxygen atoms in total. The standard InChI is InChI=1S/C11H18O2/c1-2-3-7-10(12)9-6-4-5-8-11(9)13/h6,10,12H,2-5,7-8H2,1H3. The van der Waals surface area contributed by atoms with Crippen LogP contribution in [0.2, 0.25) is 0 Å². The topological polar surface area (TPSA) is 37.3 Å². The summed E-state index contributed by atoms with van der Waals surface area (Å²) in [6, 6.07) is 0. The van der Waals surface area contributed by atoms with Crippen molar-refractivity contribution in [3.05, 3.63) is 11.6 Å². The molecule has 0 amide bonds. The van der Waals surface area contributed by atoms with Crippen LogP contribution < -0.4 is 0 Å². The van der Waals surface area contributed by atoms with E-state index < -0.39 is 6.10 Å². The summed E-state index contributed by atoms with van der Waals surface area (Å²) < 4.78 is 0. The maximum Gasteiger partial charge on any atom is 0.161 e. The van der Waals surface area contributed by atoms with E-state index in [4.69, 9.17) is 0 Å². The molecule has 13 heavy (non-hydrogen) atoms. The van der Waals surface area contributed by atoms with E-state index in [2.05, 4.69) is 6.92 Å². The summed E-state index contributed by atoms with van der Waals surface area (Å²) in [4.78, 5) is 11.4. The minimum absolute atomic E-state index is 0.148. The van der Waals surface area contributed by atoms with Crippen molar-refractivity contribution < 1.29 is 9.90 Å². The van der Waals surface area contributed by atoms with E-state index in [0.29, 0.717) is 12.0 Å². The number of aliphatic hydroxyl groups excluding tert-OH is 1. The molecule has 1 aliphatic carbocycles. The van der Waals surface area contributed by atoms with Crippen LogP contribution in [0.5, 0.6) is 0 Å². The molecule has 0 saturated carbocycles. The number of allylic oxidation sites excluding steroid dienone is 1. The molecule has 0 aromatic rings. The number of carbonyl (C=O) groups is 1. The van der Waals surface area contributed by atoms with Crippen LogP contribution in [0.1, 0.15) is 45.4 Å². The van der Waals surface area contributed by atoms with Gasteiger partial charge in [0.2, 0.25) is 0 Å². The van der Waals surface area contributed by atoms with E-state index >= 15 is 0 Å². The Kier molecular flexibility index (Phi) is 4.16. The third-order valence-corrected chi connectivity index (χ3v) is 2.48. The molecule has 0 spiro atoms. The predicted octanol–water partition coefficient (Wildman–Crippen LogP) is 2.22. The lowest BCUT2D eigenvalue weighted by Crippen LogP contribution is -2.20. The summed E-state index contributed by atoms with van der Waals surface area (Å²) in [5, 5.41) is 9.69. The van der Waals surface area contributed by atoms with Gasteiger partial charge in [0, 0.05) is 12.0 Å². The van der Waals surface area contributed by atoms with Crippen molar-refractivity contribution in [1.82, 2.24) is 0 Å². The first-order chi connectivity index (χ1) is 6.25. The Labute approximate surface area is 79.6 Å². The van der Waals surface area contributed by atoms with Crippen molar-refractivity contribution >= 4 is 5.78 Å². The summed E-state index contributed by atoms with van der Waals surface area (Å²) in [5.74, 6) is 0.148. The van der Waals surface area contributed by atoms with Crippen LogP contribution in [0, 0.1) is 0 Å². The highest BCUT2D eigenvalue weighted by atomic mass is 16.3. The number of carbonyl (C=O) groups excluding carboxylic acids is 1. The summed E-state index contributed by atoms with van der Waals surface area (Å²) in [6.07, 6.45) is 6.71. The molecule has 0 saturated heterocycles. The van der Waals surface area contributed by atoms with Crippen molar-refractivity contribution in [1.29, 1.82) is 0 Å². The Morgan fingerprint density at radius 1 is 1.62 bits per heavy atom. The fourth-order valence-corrected chi connectivity index (χ4v) is 1.65. The van der Waals surface area contributed by atoms with Gasteiger partial charge in [-0.25, -0.2) is 0 Å². The lowest BCUT2D eigenvalue weighted by Gasteiger charge is -2.16. The average Bonchev–Trinajstić information content (AvgIpc) is 2.15. The molecule has 1 aliphatic rings. The molecular weight excluding hydrogens is 164 g/mol. The zero-order valence-electron chi connectivity index (χ0n) is 8.25. The van der Waals surface area contributed by atoms with Crippen LogP contribution in [0.3, 0.4) is 0 Å². The second kappa shape index (κ2) is 5.18. The van der Waals surface area contributed by atoms with E-state index in [9.17, 15) is 9.90 Å². The van der Waals surface area contributed by atoms with Gasteiger partial charge >= 0.3 is 0 Å². The van der Waals surface area contributed by atoms with Crippen LogP contribution in [0.15, 0.2) is 11.6 Å². The first-order valence-corrected chi connectivity index (χ1v) is 5.17. The highest BCUT2D eigenvalue weighted by Gasteiger charge is 2.19. The first kappa shape index (κ1) is 10.5. The molecule has 0 bridgehead atoms. The molecule has 1 rings (SSSR count). The molecule has 0 heterocycles. The van der Waals surface area contributed by atoms with Crippen molar-refractivity contribution in [2.75, 3.05) is 0 Å². The molecule has 74 valence electrons. The molecule has 1 atom stereocenters. The Bertz CT molecular complexity index is 206. The number of hydrogen-bond donors (Lipinski definition) is 1. The molecular formula is C11H18O2. The minimum Gasteiger partial charge on any atom is -0.388 e. The van der Waals surface area contributed by atoms with Gasteiger partial charge in [0.05, 0.1) is 6.10 Å². The first-order valence-electron chi connectivity index (χ1n) is 5.17. The maximum absolute atomic E-state index is 11.4. The fraction of sp³-hybridized carbons (Fsp3) is 0.727. The third kappa shape index (κ3) is 2.96. The van der Waals surface area contributed by atoms with Crippen LogP contribution in [-0.4, -0.2) is 17.0 Å². The molecule has 0 aliphatic heterocycles. The number of Topliss-reactive ketones (excluding diaryl/α,β-unsaturated/α-hetero) is 1. The summed E-state index contributed by atoms with van der Waals surface area (Å²) in [6.45, 7) is 2.09. The van der Waals surface area contributed by atoms with Crippen molar-refractivity contribution in [2.45, 2.75) is 51.6 Å². The smallest absolute Gasteiger partial charge is 0.161 e. The van der Waals surface area contributed by atoms with Gasteiger partial charge in [0.1, 0.15) is 0 Å². The number of hydrogen-bond acceptors (Lipinski definition) is 2. The van der Waals surface area contributed by atoms with Crippen LogP contribution in [0.25, 0.3) is 0 Å². The van der Waals surface area contributed by atoms with Gasteiger partial charge in [0.15, 0.2) is 5.78 Å². The van der Waals surface area contributed by atoms with E-state index in [-0.39, 0.29) is 5.78 Å². The SMILES string of the molecule is CCCCC(O)C1=CCCCC1=O. The van der Waals surface area contributed by atoms with Gasteiger partial charge in [-0.2, -0.15) is 0 Å². The molecule has 0 fully saturated rings. The van der Waals surface area contributed by atoms with Crippen molar-refractivity contribution in [3.63, 3.8) is 0 Å². The molecule has 0 radical (unpaired) electrons. The van der Waals surface area contributed by atoms with Crippen molar-refractivity contribution in [3.8, 4) is 0 Å². The van der Waals surface area contributed by atoms with Gasteiger partial charge in [-0.3, -0.25) is 4.79 Å². The van der Waals surface area contributed by atoms with Crippen LogP contribution in [-0.2, 0) is 4.79 Å². The predicted molar refractivity (Wildman–Crippen MR) is 52.5 cm³/mol. The normalized spacial score (nSPS) is 19.8. The van der Waals surface area contributed by atoms with Gasteiger partial charge < -0.3 is 5.11 Å². The zero-order chi connectivity index (χ0) is 9.68. The molecule has 1 unspecified atom stereocenters. The second-order valence-electron chi connectivity index (χ2n) is 3.63. The Morgan fingerprint density at radius 3 is 3.00 bits per heavy atom. The van der Waals surface area contributed by atoms with E-state index in [1.54, 1.807) is 0 Å². The Balaban J connectivity index is 2.48. The number of ketones is 1. The minimum atomic E-state index is -0.507. The second-order valence-corrected chi connectivity index (χ2v) is 3.63. The number of unbranched alkanes of at least 4 members (excludes halogenated alkanes) is 1. The lowest BCUT2D eigenvalue weighted by atomic mass is 9.92. The van der Waals surface area contributed by atoms with Crippen LogP contribution in [0.4, 0.5) is 0 Å². The quantitative estimate of drug-likeness (QED) is 0.723. The third-order valence-electron chi connectivity index (χ3n) is 2.48.